The van der Waals surface area contributed by atoms with Gasteiger partial charge in [-0.05, 0) is 37.0 Å². The molecular weight excluding hydrogens is 426 g/mol. The first-order valence-corrected chi connectivity index (χ1v) is 11.2. The minimum absolute atomic E-state index is 0.0440. The van der Waals surface area contributed by atoms with Crippen molar-refractivity contribution in [3.8, 4) is 10.4 Å². The molecule has 0 aliphatic rings. The first kappa shape index (κ1) is 23.2. The highest BCUT2D eigenvalue weighted by Crippen LogP contribution is 2.35. The number of carbonyl (C=O) groups excluding carboxylic acids is 1. The van der Waals surface area contributed by atoms with Gasteiger partial charge in [0, 0.05) is 29.8 Å². The Bertz CT molecular complexity index is 1120. The number of carboxylic acid groups (broad SMARTS) is 2. The second-order valence-electron chi connectivity index (χ2n) is 7.57. The predicted molar refractivity (Wildman–Crippen MR) is 126 cm³/mol. The molecule has 32 heavy (non-hydrogen) atoms. The average molecular weight is 452 g/mol. The molecule has 0 fully saturated rings. The van der Waals surface area contributed by atoms with Gasteiger partial charge in [0.2, 0.25) is 0 Å². The van der Waals surface area contributed by atoms with Crippen LogP contribution in [0.1, 0.15) is 50.4 Å². The van der Waals surface area contributed by atoms with Crippen LogP contribution in [0.5, 0.6) is 0 Å². The number of hydrogen-bond donors (Lipinski definition) is 3. The highest BCUT2D eigenvalue weighted by molar-refractivity contribution is 7.18. The van der Waals surface area contributed by atoms with Gasteiger partial charge in [0.15, 0.2) is 5.78 Å². The largest absolute Gasteiger partial charge is 0.481 e. The Morgan fingerprint density at radius 1 is 0.969 bits per heavy atom. The second kappa shape index (κ2) is 10.7. The van der Waals surface area contributed by atoms with E-state index in [2.05, 4.69) is 5.32 Å². The summed E-state index contributed by atoms with van der Waals surface area (Å²) in [4.78, 5) is 35.8. The van der Waals surface area contributed by atoms with Gasteiger partial charge in [0.05, 0.1) is 5.69 Å². The quantitative estimate of drug-likeness (QED) is 0.262. The van der Waals surface area contributed by atoms with E-state index in [0.29, 0.717) is 37.1 Å². The summed E-state index contributed by atoms with van der Waals surface area (Å²) < 4.78 is 0. The molecule has 1 aromatic heterocycles. The molecular formula is C25H25NO5S. The standard InChI is InChI=1S/C25H25NO5S/c1-16-7-10-18(11-8-16)21(27)6-3-13-26-20-15-22(32-24(20)25(30)31)19-5-2-4-17(14-19)9-12-23(28)29/h2,4-5,7-8,10-11,14-15,26H,3,6,9,12-13H2,1H3,(H,28,29)(H,30,31). The highest BCUT2D eigenvalue weighted by atomic mass is 32.1. The van der Waals surface area contributed by atoms with Gasteiger partial charge in [-0.15, -0.1) is 11.3 Å². The molecule has 2 aromatic carbocycles. The van der Waals surface area contributed by atoms with Gasteiger partial charge in [0.25, 0.3) is 0 Å². The number of hydrogen-bond acceptors (Lipinski definition) is 5. The summed E-state index contributed by atoms with van der Waals surface area (Å²) in [6.07, 6.45) is 1.42. The monoisotopic (exact) mass is 451 g/mol. The molecule has 0 aliphatic heterocycles. The van der Waals surface area contributed by atoms with Crippen LogP contribution >= 0.6 is 11.3 Å². The number of benzene rings is 2. The van der Waals surface area contributed by atoms with Crippen molar-refractivity contribution in [2.24, 2.45) is 0 Å². The van der Waals surface area contributed by atoms with E-state index < -0.39 is 11.9 Å². The van der Waals surface area contributed by atoms with Gasteiger partial charge in [-0.1, -0.05) is 54.1 Å². The Morgan fingerprint density at radius 2 is 1.72 bits per heavy atom. The zero-order chi connectivity index (χ0) is 23.1. The maximum Gasteiger partial charge on any atom is 0.348 e. The van der Waals surface area contributed by atoms with Crippen LogP contribution in [0.15, 0.2) is 54.6 Å². The molecule has 0 amide bonds. The minimum atomic E-state index is -1.01. The van der Waals surface area contributed by atoms with Crippen LogP contribution in [0, 0.1) is 6.92 Å². The van der Waals surface area contributed by atoms with E-state index in [-0.39, 0.29) is 17.1 Å². The normalized spacial score (nSPS) is 10.7. The Morgan fingerprint density at radius 3 is 2.41 bits per heavy atom. The summed E-state index contributed by atoms with van der Waals surface area (Å²) in [5.74, 6) is -1.80. The molecule has 7 heteroatoms. The number of Topliss-reactive ketones (excluding diaryl/α,β-unsaturated/α-hetero) is 1. The topological polar surface area (TPSA) is 104 Å². The zero-order valence-electron chi connectivity index (χ0n) is 17.8. The van der Waals surface area contributed by atoms with Crippen LogP contribution < -0.4 is 5.32 Å². The molecule has 0 unspecified atom stereocenters. The van der Waals surface area contributed by atoms with Crippen molar-refractivity contribution in [2.45, 2.75) is 32.6 Å². The molecule has 0 atom stereocenters. The average Bonchev–Trinajstić information content (AvgIpc) is 3.20. The van der Waals surface area contributed by atoms with Crippen molar-refractivity contribution in [3.05, 3.63) is 76.2 Å². The Hall–Kier alpha value is -3.45. The fourth-order valence-corrected chi connectivity index (χ4v) is 4.28. The number of anilines is 1. The molecule has 0 radical (unpaired) electrons. The summed E-state index contributed by atoms with van der Waals surface area (Å²) in [6, 6.07) is 16.7. The molecule has 0 aliphatic carbocycles. The minimum Gasteiger partial charge on any atom is -0.481 e. The van der Waals surface area contributed by atoms with Crippen LogP contribution in [0.2, 0.25) is 0 Å². The molecule has 0 spiro atoms. The third kappa shape index (κ3) is 6.28. The Balaban J connectivity index is 1.64. The number of aromatic carboxylic acids is 1. The molecule has 1 heterocycles. The number of aryl methyl sites for hydroxylation is 2. The van der Waals surface area contributed by atoms with Crippen LogP contribution in [0.25, 0.3) is 10.4 Å². The summed E-state index contributed by atoms with van der Waals surface area (Å²) in [5, 5.41) is 21.6. The third-order valence-electron chi connectivity index (χ3n) is 5.03. The van der Waals surface area contributed by atoms with Crippen molar-refractivity contribution in [3.63, 3.8) is 0 Å². The van der Waals surface area contributed by atoms with Gasteiger partial charge >= 0.3 is 11.9 Å². The van der Waals surface area contributed by atoms with Crippen LogP contribution in [0.4, 0.5) is 5.69 Å². The second-order valence-corrected chi connectivity index (χ2v) is 8.62. The lowest BCUT2D eigenvalue weighted by Gasteiger charge is -2.06. The van der Waals surface area contributed by atoms with Gasteiger partial charge in [0.1, 0.15) is 4.88 Å². The number of aliphatic carboxylic acids is 1. The van der Waals surface area contributed by atoms with E-state index in [1.165, 1.54) is 11.3 Å². The van der Waals surface area contributed by atoms with E-state index >= 15 is 0 Å². The fourth-order valence-electron chi connectivity index (χ4n) is 3.31. The molecule has 166 valence electrons. The lowest BCUT2D eigenvalue weighted by Crippen LogP contribution is -2.07. The summed E-state index contributed by atoms with van der Waals surface area (Å²) in [5.41, 5.74) is 4.05. The number of rotatable bonds is 11. The summed E-state index contributed by atoms with van der Waals surface area (Å²) in [7, 11) is 0. The number of nitrogens with one attached hydrogen (secondary N) is 1. The third-order valence-corrected chi connectivity index (χ3v) is 6.21. The molecule has 3 rings (SSSR count). The SMILES string of the molecule is Cc1ccc(C(=O)CCCNc2cc(-c3cccc(CCC(=O)O)c3)sc2C(=O)O)cc1. The number of ketones is 1. The molecule has 0 bridgehead atoms. The maximum absolute atomic E-state index is 12.3. The van der Waals surface area contributed by atoms with E-state index in [9.17, 15) is 19.5 Å². The van der Waals surface area contributed by atoms with E-state index in [1.54, 1.807) is 6.07 Å². The van der Waals surface area contributed by atoms with E-state index in [1.807, 2.05) is 55.5 Å². The highest BCUT2D eigenvalue weighted by Gasteiger charge is 2.17. The Kier molecular flexibility index (Phi) is 7.78. The molecule has 3 N–H and O–H groups in total. The smallest absolute Gasteiger partial charge is 0.348 e. The first-order chi connectivity index (χ1) is 15.3. The fraction of sp³-hybridized carbons (Fsp3) is 0.240. The lowest BCUT2D eigenvalue weighted by molar-refractivity contribution is -0.136. The van der Waals surface area contributed by atoms with Gasteiger partial charge in [-0.3, -0.25) is 9.59 Å². The van der Waals surface area contributed by atoms with Crippen molar-refractivity contribution < 1.29 is 24.6 Å². The number of carboxylic acids is 2. The van der Waals surface area contributed by atoms with Gasteiger partial charge in [-0.2, -0.15) is 0 Å². The molecule has 6 nitrogen and oxygen atoms in total. The van der Waals surface area contributed by atoms with Crippen LogP contribution in [-0.4, -0.2) is 34.5 Å². The summed E-state index contributed by atoms with van der Waals surface area (Å²) >= 11 is 1.17. The molecule has 3 aromatic rings. The zero-order valence-corrected chi connectivity index (χ0v) is 18.6. The molecule has 0 saturated heterocycles. The van der Waals surface area contributed by atoms with E-state index in [4.69, 9.17) is 5.11 Å². The first-order valence-electron chi connectivity index (χ1n) is 10.4. The van der Waals surface area contributed by atoms with E-state index in [0.717, 1.165) is 21.6 Å². The summed E-state index contributed by atoms with van der Waals surface area (Å²) in [6.45, 7) is 2.45. The Labute approximate surface area is 190 Å². The van der Waals surface area contributed by atoms with Crippen molar-refractivity contribution >= 4 is 34.7 Å². The van der Waals surface area contributed by atoms with Gasteiger partial charge < -0.3 is 15.5 Å². The van der Waals surface area contributed by atoms with Crippen molar-refractivity contribution in [1.29, 1.82) is 0 Å². The van der Waals surface area contributed by atoms with Crippen molar-refractivity contribution in [2.75, 3.05) is 11.9 Å². The maximum atomic E-state index is 12.3. The van der Waals surface area contributed by atoms with Crippen LogP contribution in [-0.2, 0) is 11.2 Å². The van der Waals surface area contributed by atoms with Crippen LogP contribution in [0.3, 0.4) is 0 Å². The molecule has 0 saturated carbocycles. The van der Waals surface area contributed by atoms with Crippen molar-refractivity contribution in [1.82, 2.24) is 0 Å². The lowest BCUT2D eigenvalue weighted by atomic mass is 10.0. The number of carbonyl (C=O) groups is 3. The predicted octanol–water partition coefficient (Wildman–Crippen LogP) is 5.51. The van der Waals surface area contributed by atoms with Gasteiger partial charge in [-0.25, -0.2) is 4.79 Å². The number of thiophene rings is 1.